The zero-order chi connectivity index (χ0) is 41.4. The lowest BCUT2D eigenvalue weighted by Gasteiger charge is -2.27. The van der Waals surface area contributed by atoms with Gasteiger partial charge >= 0.3 is 11.9 Å². The zero-order valence-corrected chi connectivity index (χ0v) is 30.9. The summed E-state index contributed by atoms with van der Waals surface area (Å²) in [5.74, 6) is -9.78. The van der Waals surface area contributed by atoms with Gasteiger partial charge in [0.1, 0.15) is 24.2 Å². The molecule has 1 heterocycles. The number of nitrogens with one attached hydrogen (secondary N) is 6. The Balaban J connectivity index is 2.44. The number of H-pyrrole nitrogens is 1. The molecule has 55 heavy (non-hydrogen) atoms. The number of primary amides is 2. The minimum absolute atomic E-state index is 0.0691. The molecule has 0 aliphatic rings. The fourth-order valence-corrected chi connectivity index (χ4v) is 5.67. The van der Waals surface area contributed by atoms with Gasteiger partial charge in [-0.3, -0.25) is 38.4 Å². The third-order valence-corrected chi connectivity index (χ3v) is 8.75. The van der Waals surface area contributed by atoms with E-state index in [1.54, 1.807) is 36.7 Å². The molecule has 0 unspecified atom stereocenters. The van der Waals surface area contributed by atoms with Crippen LogP contribution in [-0.2, 0) is 49.6 Å². The fourth-order valence-electron chi connectivity index (χ4n) is 5.20. The molecule has 2 rings (SSSR count). The van der Waals surface area contributed by atoms with Crippen molar-refractivity contribution in [2.24, 2.45) is 17.2 Å². The third kappa shape index (κ3) is 14.9. The molecule has 302 valence electrons. The molecule has 0 aliphatic carbocycles. The first-order valence-electron chi connectivity index (χ1n) is 16.8. The summed E-state index contributed by atoms with van der Waals surface area (Å²) < 4.78 is 0. The van der Waals surface area contributed by atoms with E-state index in [1.165, 1.54) is 11.8 Å². The van der Waals surface area contributed by atoms with Gasteiger partial charge in [0.15, 0.2) is 6.04 Å². The molecule has 1 aromatic carbocycles. The number of carbonyl (C=O) groups excluding carboxylic acids is 7. The highest BCUT2D eigenvalue weighted by molar-refractivity contribution is 7.98. The number of fused-ring (bicyclic) bond motifs is 1. The first-order chi connectivity index (χ1) is 25.8. The maximum absolute atomic E-state index is 14.0. The SMILES string of the molecule is CSCC[C@H](NC(=O)[C@@H](N)CCC(=O)O)C(=O)N[C@@H](Cc1c[nH]c2ccccc12)C(=O)N[C@@H](CC(N)=O)C(=O)N[C@@H](CC(N)=O)C(=O)N[C@H](C(=O)O)[C@@H](C)O. The molecule has 22 heteroatoms. The Labute approximate surface area is 318 Å². The standard InChI is InChI=1S/C33H47N9O12S/c1-15(43)27(33(53)54)42-32(52)23(13-25(36)45)41-31(51)22(12-24(35)44)40-30(50)21(11-16-14-37-19-6-4-3-5-17(16)19)39-29(49)20(9-10-55-2)38-28(48)18(34)7-8-26(46)47/h3-6,14-15,18,20-23,27,37,43H,7-13,34H2,1-2H3,(H2,35,44)(H2,36,45)(H,38,48)(H,39,49)(H,40,50)(H,41,51)(H,42,52)(H,46,47)(H,53,54)/t15-,18+,20+,21+,22+,23+,27+/m1/s1. The topological polar surface area (TPSA) is 368 Å². The number of hydrogen-bond acceptors (Lipinski definition) is 12. The van der Waals surface area contributed by atoms with Crippen LogP contribution in [0.5, 0.6) is 0 Å². The van der Waals surface area contributed by atoms with Crippen LogP contribution in [0, 0.1) is 0 Å². The van der Waals surface area contributed by atoms with Crippen LogP contribution in [-0.4, -0.2) is 128 Å². The molecule has 0 radical (unpaired) electrons. The van der Waals surface area contributed by atoms with E-state index in [9.17, 15) is 53.4 Å². The van der Waals surface area contributed by atoms with Crippen molar-refractivity contribution in [1.29, 1.82) is 0 Å². The Bertz CT molecular complexity index is 1740. The van der Waals surface area contributed by atoms with Crippen LogP contribution < -0.4 is 43.8 Å². The largest absolute Gasteiger partial charge is 0.481 e. The summed E-state index contributed by atoms with van der Waals surface area (Å²) in [6.45, 7) is 1.07. The summed E-state index contributed by atoms with van der Waals surface area (Å²) in [5, 5.41) is 40.3. The maximum atomic E-state index is 14.0. The summed E-state index contributed by atoms with van der Waals surface area (Å²) in [6.07, 6.45) is -0.704. The Morgan fingerprint density at radius 3 is 1.78 bits per heavy atom. The van der Waals surface area contributed by atoms with E-state index in [2.05, 4.69) is 26.3 Å². The van der Waals surface area contributed by atoms with Crippen LogP contribution in [0.3, 0.4) is 0 Å². The van der Waals surface area contributed by atoms with Crippen LogP contribution in [0.1, 0.15) is 44.6 Å². The number of aromatic amines is 1. The highest BCUT2D eigenvalue weighted by Crippen LogP contribution is 2.19. The molecule has 7 atom stereocenters. The summed E-state index contributed by atoms with van der Waals surface area (Å²) >= 11 is 1.35. The van der Waals surface area contributed by atoms with Gasteiger partial charge in [-0.2, -0.15) is 11.8 Å². The number of thioether (sulfide) groups is 1. The number of aliphatic hydroxyl groups is 1. The van der Waals surface area contributed by atoms with Gasteiger partial charge < -0.3 is 64.1 Å². The van der Waals surface area contributed by atoms with Crippen molar-refractivity contribution >= 4 is 76.0 Å². The average molecular weight is 794 g/mol. The van der Waals surface area contributed by atoms with Gasteiger partial charge in [0.25, 0.3) is 0 Å². The molecule has 0 bridgehead atoms. The quantitative estimate of drug-likeness (QED) is 0.0487. The van der Waals surface area contributed by atoms with Gasteiger partial charge in [0.05, 0.1) is 25.0 Å². The second-order valence-electron chi connectivity index (χ2n) is 12.5. The highest BCUT2D eigenvalue weighted by atomic mass is 32.2. The number of rotatable bonds is 24. The Hall–Kier alpha value is -5.74. The summed E-state index contributed by atoms with van der Waals surface area (Å²) in [7, 11) is 0. The number of aliphatic hydroxyl groups excluding tert-OH is 1. The van der Waals surface area contributed by atoms with Crippen molar-refractivity contribution in [1.82, 2.24) is 31.6 Å². The minimum Gasteiger partial charge on any atom is -0.481 e. The van der Waals surface area contributed by atoms with E-state index in [-0.39, 0.29) is 19.3 Å². The van der Waals surface area contributed by atoms with Gasteiger partial charge in [0, 0.05) is 29.9 Å². The minimum atomic E-state index is -1.85. The van der Waals surface area contributed by atoms with E-state index < -0.39 is 115 Å². The second-order valence-corrected chi connectivity index (χ2v) is 13.5. The highest BCUT2D eigenvalue weighted by Gasteiger charge is 2.35. The van der Waals surface area contributed by atoms with Gasteiger partial charge in [-0.15, -0.1) is 0 Å². The Kier molecular flexibility index (Phi) is 18.0. The van der Waals surface area contributed by atoms with Crippen molar-refractivity contribution in [2.45, 2.75) is 87.8 Å². The lowest BCUT2D eigenvalue weighted by Crippen LogP contribution is -2.60. The number of carboxylic acid groups (broad SMARTS) is 2. The molecule has 0 saturated heterocycles. The van der Waals surface area contributed by atoms with Crippen molar-refractivity contribution in [3.8, 4) is 0 Å². The normalized spacial score (nSPS) is 14.8. The number of amides is 7. The number of aromatic nitrogens is 1. The Morgan fingerprint density at radius 1 is 0.745 bits per heavy atom. The van der Waals surface area contributed by atoms with E-state index in [4.69, 9.17) is 22.3 Å². The van der Waals surface area contributed by atoms with Gasteiger partial charge in [-0.25, -0.2) is 4.79 Å². The van der Waals surface area contributed by atoms with E-state index in [0.717, 1.165) is 6.92 Å². The van der Waals surface area contributed by atoms with Gasteiger partial charge in [-0.1, -0.05) is 18.2 Å². The summed E-state index contributed by atoms with van der Waals surface area (Å²) in [5.41, 5.74) is 17.7. The predicted molar refractivity (Wildman–Crippen MR) is 196 cm³/mol. The van der Waals surface area contributed by atoms with Gasteiger partial charge in [0.2, 0.25) is 41.4 Å². The van der Waals surface area contributed by atoms with Crippen LogP contribution in [0.2, 0.25) is 0 Å². The molecule has 0 saturated carbocycles. The number of aliphatic carboxylic acids is 2. The zero-order valence-electron chi connectivity index (χ0n) is 30.0. The smallest absolute Gasteiger partial charge is 0.328 e. The molecule has 0 spiro atoms. The number of carbonyl (C=O) groups is 9. The molecule has 0 aliphatic heterocycles. The van der Waals surface area contributed by atoms with Crippen LogP contribution in [0.15, 0.2) is 30.5 Å². The maximum Gasteiger partial charge on any atom is 0.328 e. The first kappa shape index (κ1) is 45.4. The fraction of sp³-hybridized carbons (Fsp3) is 0.485. The average Bonchev–Trinajstić information content (AvgIpc) is 3.51. The molecule has 15 N–H and O–H groups in total. The monoisotopic (exact) mass is 793 g/mol. The number of hydrogen-bond donors (Lipinski definition) is 12. The molecular formula is C33H47N9O12S. The molecule has 0 fully saturated rings. The first-order valence-corrected chi connectivity index (χ1v) is 18.2. The number of nitrogens with two attached hydrogens (primary N) is 3. The lowest BCUT2D eigenvalue weighted by molar-refractivity contribution is -0.145. The van der Waals surface area contributed by atoms with E-state index in [0.29, 0.717) is 22.2 Å². The summed E-state index contributed by atoms with van der Waals surface area (Å²) in [4.78, 5) is 116. The number of carboxylic acids is 2. The van der Waals surface area contributed by atoms with Gasteiger partial charge in [-0.05, 0) is 43.4 Å². The molecule has 7 amide bonds. The van der Waals surface area contributed by atoms with E-state index >= 15 is 0 Å². The second kappa shape index (κ2) is 21.8. The Morgan fingerprint density at radius 2 is 1.25 bits per heavy atom. The van der Waals surface area contributed by atoms with Crippen molar-refractivity contribution in [2.75, 3.05) is 12.0 Å². The molecular weight excluding hydrogens is 746 g/mol. The van der Waals surface area contributed by atoms with Crippen molar-refractivity contribution in [3.63, 3.8) is 0 Å². The number of benzene rings is 1. The molecule has 21 nitrogen and oxygen atoms in total. The van der Waals surface area contributed by atoms with Crippen LogP contribution in [0.4, 0.5) is 0 Å². The molecule has 1 aromatic heterocycles. The third-order valence-electron chi connectivity index (χ3n) is 8.10. The predicted octanol–water partition coefficient (Wildman–Crippen LogP) is -3.70. The van der Waals surface area contributed by atoms with Crippen molar-refractivity contribution in [3.05, 3.63) is 36.0 Å². The van der Waals surface area contributed by atoms with Crippen LogP contribution >= 0.6 is 11.8 Å². The van der Waals surface area contributed by atoms with Crippen LogP contribution in [0.25, 0.3) is 10.9 Å². The summed E-state index contributed by atoms with van der Waals surface area (Å²) in [6, 6.07) is -2.48. The van der Waals surface area contributed by atoms with E-state index in [1.807, 2.05) is 5.32 Å². The molecule has 2 aromatic rings. The number of para-hydroxylation sites is 1. The van der Waals surface area contributed by atoms with Crippen molar-refractivity contribution < 1.29 is 58.5 Å². The lowest BCUT2D eigenvalue weighted by atomic mass is 10.0.